The highest BCUT2D eigenvalue weighted by Gasteiger charge is 2.46. The van der Waals surface area contributed by atoms with Gasteiger partial charge in [0.05, 0.1) is 11.8 Å². The third-order valence-corrected chi connectivity index (χ3v) is 4.36. The average Bonchev–Trinajstić information content (AvgIpc) is 2.83. The number of amides is 1. The van der Waals surface area contributed by atoms with Crippen LogP contribution in [0.4, 0.5) is 0 Å². The number of thioether (sulfide) groups is 1. The summed E-state index contributed by atoms with van der Waals surface area (Å²) in [6.07, 6.45) is 0.300. The molecule has 10 nitrogen and oxygen atoms in total. The zero-order chi connectivity index (χ0) is 15.1. The van der Waals surface area contributed by atoms with Crippen LogP contribution in [-0.2, 0) is 20.9 Å². The largest absolute Gasteiger partial charge is 0.480 e. The van der Waals surface area contributed by atoms with Crippen molar-refractivity contribution in [1.29, 1.82) is 0 Å². The lowest BCUT2D eigenvalue weighted by Gasteiger charge is -2.43. The second-order valence-corrected chi connectivity index (χ2v) is 5.59. The van der Waals surface area contributed by atoms with Gasteiger partial charge in [0, 0.05) is 11.3 Å². The molecule has 0 spiro atoms. The quantitative estimate of drug-likeness (QED) is 0.660. The van der Waals surface area contributed by atoms with E-state index >= 15 is 0 Å². The number of hydrogen-bond donors (Lipinski definition) is 2. The molecule has 2 N–H and O–H groups in total. The van der Waals surface area contributed by atoms with Gasteiger partial charge in [-0.25, -0.2) is 9.48 Å². The standard InChI is InChI=1S/C10H9N5O5S/c16-5-1-6-15(5)8(10(19)20)4(3-21-6)9-11-12-13-14(9)2-7(17)18/h6H,1-3H2,(H,17,18)(H,19,20)/t6-/m0/s1. The number of tetrazole rings is 1. The van der Waals surface area contributed by atoms with Crippen molar-refractivity contribution in [3.63, 3.8) is 0 Å². The van der Waals surface area contributed by atoms with E-state index in [1.807, 2.05) is 0 Å². The zero-order valence-corrected chi connectivity index (χ0v) is 11.3. The number of rotatable bonds is 4. The van der Waals surface area contributed by atoms with Crippen LogP contribution in [0.25, 0.3) is 5.57 Å². The van der Waals surface area contributed by atoms with E-state index < -0.39 is 18.5 Å². The van der Waals surface area contributed by atoms with Crippen LogP contribution in [-0.4, -0.2) is 64.3 Å². The predicted molar refractivity (Wildman–Crippen MR) is 67.7 cm³/mol. The molecule has 2 aliphatic rings. The Bertz CT molecular complexity index is 683. The van der Waals surface area contributed by atoms with E-state index in [-0.39, 0.29) is 28.4 Å². The van der Waals surface area contributed by atoms with Gasteiger partial charge in [-0.3, -0.25) is 14.5 Å². The third kappa shape index (κ3) is 2.14. The molecule has 0 unspecified atom stereocenters. The number of nitrogens with zero attached hydrogens (tertiary/aromatic N) is 5. The Morgan fingerprint density at radius 2 is 2.14 bits per heavy atom. The summed E-state index contributed by atoms with van der Waals surface area (Å²) in [5.74, 6) is -2.33. The summed E-state index contributed by atoms with van der Waals surface area (Å²) in [5, 5.41) is 28.6. The molecule has 0 radical (unpaired) electrons. The molecule has 1 fully saturated rings. The summed E-state index contributed by atoms with van der Waals surface area (Å²) in [5.41, 5.74) is 0.0829. The van der Waals surface area contributed by atoms with Crippen molar-refractivity contribution < 1.29 is 24.6 Å². The minimum absolute atomic E-state index is 0.0560. The number of carboxylic acids is 2. The van der Waals surface area contributed by atoms with Crippen LogP contribution in [0.15, 0.2) is 5.70 Å². The Kier molecular flexibility index (Phi) is 3.12. The third-order valence-electron chi connectivity index (χ3n) is 3.14. The summed E-state index contributed by atoms with van der Waals surface area (Å²) in [7, 11) is 0. The average molecular weight is 311 g/mol. The molecule has 11 heteroatoms. The number of fused-ring (bicyclic) bond motifs is 1. The van der Waals surface area contributed by atoms with Crippen molar-refractivity contribution in [3.05, 3.63) is 11.5 Å². The van der Waals surface area contributed by atoms with Gasteiger partial charge < -0.3 is 10.2 Å². The molecule has 1 aromatic heterocycles. The minimum atomic E-state index is -1.26. The smallest absolute Gasteiger partial charge is 0.353 e. The molecule has 1 atom stereocenters. The highest BCUT2D eigenvalue weighted by atomic mass is 32.2. The fourth-order valence-corrected chi connectivity index (χ4v) is 3.50. The molecule has 3 rings (SSSR count). The number of aromatic nitrogens is 4. The van der Waals surface area contributed by atoms with Crippen molar-refractivity contribution in [1.82, 2.24) is 25.1 Å². The van der Waals surface area contributed by atoms with Gasteiger partial charge in [0.15, 0.2) is 5.82 Å². The number of carboxylic acid groups (broad SMARTS) is 2. The van der Waals surface area contributed by atoms with Gasteiger partial charge in [-0.15, -0.1) is 16.9 Å². The summed E-state index contributed by atoms with van der Waals surface area (Å²) >= 11 is 1.40. The van der Waals surface area contributed by atoms with Crippen LogP contribution < -0.4 is 0 Å². The van der Waals surface area contributed by atoms with Crippen LogP contribution in [0.5, 0.6) is 0 Å². The number of β-lactam (4-membered cyclic amide) rings is 1. The topological polar surface area (TPSA) is 139 Å². The van der Waals surface area contributed by atoms with Gasteiger partial charge in [-0.05, 0) is 10.4 Å². The number of aliphatic carboxylic acids is 2. The minimum Gasteiger partial charge on any atom is -0.480 e. The molecule has 0 aliphatic carbocycles. The molecule has 2 aliphatic heterocycles. The summed E-state index contributed by atoms with van der Waals surface area (Å²) in [4.78, 5) is 35.1. The van der Waals surface area contributed by atoms with E-state index in [4.69, 9.17) is 5.11 Å². The maximum absolute atomic E-state index is 11.6. The Hall–Kier alpha value is -2.43. The fourth-order valence-electron chi connectivity index (χ4n) is 2.24. The molecule has 21 heavy (non-hydrogen) atoms. The van der Waals surface area contributed by atoms with E-state index in [0.29, 0.717) is 12.2 Å². The Balaban J connectivity index is 2.08. The Morgan fingerprint density at radius 1 is 1.38 bits per heavy atom. The molecule has 110 valence electrons. The molecule has 0 bridgehead atoms. The number of carbonyl (C=O) groups excluding carboxylic acids is 1. The zero-order valence-electron chi connectivity index (χ0n) is 10.5. The molecule has 1 aromatic rings. The van der Waals surface area contributed by atoms with Crippen molar-refractivity contribution in [2.75, 3.05) is 5.75 Å². The second kappa shape index (κ2) is 4.84. The Morgan fingerprint density at radius 3 is 2.76 bits per heavy atom. The Labute approximate surface area is 121 Å². The maximum atomic E-state index is 11.6. The normalized spacial score (nSPS) is 21.0. The van der Waals surface area contributed by atoms with Crippen molar-refractivity contribution in [3.8, 4) is 0 Å². The summed E-state index contributed by atoms with van der Waals surface area (Å²) < 4.78 is 1.01. The molecular weight excluding hydrogens is 302 g/mol. The van der Waals surface area contributed by atoms with Crippen molar-refractivity contribution in [2.45, 2.75) is 18.3 Å². The molecule has 0 saturated carbocycles. The highest BCUT2D eigenvalue weighted by Crippen LogP contribution is 2.42. The van der Waals surface area contributed by atoms with Gasteiger partial charge in [0.1, 0.15) is 12.2 Å². The SMILES string of the molecule is O=C(O)Cn1nnnc1C1=C(C(=O)O)N2C(=O)C[C@@H]2SC1. The first kappa shape index (κ1) is 13.5. The van der Waals surface area contributed by atoms with E-state index in [1.54, 1.807) is 0 Å². The predicted octanol–water partition coefficient (Wildman–Crippen LogP) is -1.14. The summed E-state index contributed by atoms with van der Waals surface area (Å²) in [6, 6.07) is 0. The monoisotopic (exact) mass is 311 g/mol. The first-order chi connectivity index (χ1) is 9.99. The van der Waals surface area contributed by atoms with Gasteiger partial charge in [-0.1, -0.05) is 0 Å². The van der Waals surface area contributed by atoms with E-state index in [1.165, 1.54) is 16.7 Å². The van der Waals surface area contributed by atoms with E-state index in [0.717, 1.165) is 4.68 Å². The van der Waals surface area contributed by atoms with Crippen molar-refractivity contribution >= 4 is 35.2 Å². The molecule has 1 saturated heterocycles. The first-order valence-electron chi connectivity index (χ1n) is 5.87. The first-order valence-corrected chi connectivity index (χ1v) is 6.92. The van der Waals surface area contributed by atoms with Crippen LogP contribution in [0.3, 0.4) is 0 Å². The second-order valence-electron chi connectivity index (χ2n) is 4.42. The highest BCUT2D eigenvalue weighted by molar-refractivity contribution is 8.00. The van der Waals surface area contributed by atoms with Gasteiger partial charge in [0.25, 0.3) is 0 Å². The molecular formula is C10H9N5O5S. The summed E-state index contributed by atoms with van der Waals surface area (Å²) in [6.45, 7) is -0.485. The van der Waals surface area contributed by atoms with Crippen LogP contribution >= 0.6 is 11.8 Å². The van der Waals surface area contributed by atoms with Gasteiger partial charge in [-0.2, -0.15) is 0 Å². The fraction of sp³-hybridized carbons (Fsp3) is 0.400. The lowest BCUT2D eigenvalue weighted by atomic mass is 10.1. The van der Waals surface area contributed by atoms with Gasteiger partial charge >= 0.3 is 11.9 Å². The van der Waals surface area contributed by atoms with Crippen LogP contribution in [0, 0.1) is 0 Å². The van der Waals surface area contributed by atoms with Crippen LogP contribution in [0.2, 0.25) is 0 Å². The van der Waals surface area contributed by atoms with Crippen LogP contribution in [0.1, 0.15) is 12.2 Å². The molecule has 1 amide bonds. The lowest BCUT2D eigenvalue weighted by Crippen LogP contribution is -2.53. The number of hydrogen-bond acceptors (Lipinski definition) is 7. The van der Waals surface area contributed by atoms with E-state index in [2.05, 4.69) is 15.5 Å². The lowest BCUT2D eigenvalue weighted by molar-refractivity contribution is -0.145. The molecule has 0 aromatic carbocycles. The van der Waals surface area contributed by atoms with Gasteiger partial charge in [0.2, 0.25) is 5.91 Å². The molecule has 3 heterocycles. The van der Waals surface area contributed by atoms with Crippen molar-refractivity contribution in [2.24, 2.45) is 0 Å². The van der Waals surface area contributed by atoms with E-state index in [9.17, 15) is 19.5 Å². The number of carbonyl (C=O) groups is 3. The maximum Gasteiger partial charge on any atom is 0.353 e.